The molecule has 2 aromatic rings. The first kappa shape index (κ1) is 15.6. The molecule has 2 rings (SSSR count). The first-order chi connectivity index (χ1) is 10.1. The van der Waals surface area contributed by atoms with Gasteiger partial charge in [-0.3, -0.25) is 4.79 Å². The van der Waals surface area contributed by atoms with Crippen molar-refractivity contribution in [2.45, 2.75) is 59.5 Å². The minimum absolute atomic E-state index is 0.0501. The van der Waals surface area contributed by atoms with Gasteiger partial charge in [0.25, 0.3) is 5.91 Å². The number of hydrogen-bond donors (Lipinski definition) is 1. The van der Waals surface area contributed by atoms with Crippen molar-refractivity contribution in [3.63, 3.8) is 0 Å². The fourth-order valence-electron chi connectivity index (χ4n) is 2.71. The van der Waals surface area contributed by atoms with E-state index >= 15 is 0 Å². The monoisotopic (exact) mass is 286 g/mol. The summed E-state index contributed by atoms with van der Waals surface area (Å²) in [5.41, 5.74) is 3.07. The number of nitrogens with zero attached hydrogens (tertiary/aromatic N) is 1. The van der Waals surface area contributed by atoms with E-state index in [4.69, 9.17) is 0 Å². The van der Waals surface area contributed by atoms with Gasteiger partial charge in [0.2, 0.25) is 0 Å². The van der Waals surface area contributed by atoms with Gasteiger partial charge in [-0.1, -0.05) is 38.5 Å². The zero-order valence-electron chi connectivity index (χ0n) is 13.6. The van der Waals surface area contributed by atoms with Gasteiger partial charge in [-0.15, -0.1) is 0 Å². The van der Waals surface area contributed by atoms with Gasteiger partial charge in [0, 0.05) is 23.5 Å². The van der Waals surface area contributed by atoms with Gasteiger partial charge in [-0.05, 0) is 38.3 Å². The van der Waals surface area contributed by atoms with E-state index in [9.17, 15) is 4.79 Å². The molecule has 1 amide bonds. The maximum atomic E-state index is 12.7. The summed E-state index contributed by atoms with van der Waals surface area (Å²) in [6.45, 7) is 9.26. The standard InChI is InChI=1S/C18H26N2O/c1-5-7-12-20-16-11-9-8-10-15(16)14(4)17(20)18(21)19-13(3)6-2/h8-11,13H,5-7,12H2,1-4H3,(H,19,21). The van der Waals surface area contributed by atoms with E-state index in [-0.39, 0.29) is 11.9 Å². The van der Waals surface area contributed by atoms with Crippen molar-refractivity contribution in [2.24, 2.45) is 0 Å². The average Bonchev–Trinajstić information content (AvgIpc) is 2.78. The number of aryl methyl sites for hydroxylation is 2. The zero-order chi connectivity index (χ0) is 15.4. The Morgan fingerprint density at radius 1 is 1.29 bits per heavy atom. The Balaban J connectivity index is 2.49. The normalized spacial score (nSPS) is 12.6. The number of amides is 1. The van der Waals surface area contributed by atoms with Gasteiger partial charge >= 0.3 is 0 Å². The Morgan fingerprint density at radius 2 is 2.00 bits per heavy atom. The number of unbranched alkanes of at least 4 members (excludes halogenated alkanes) is 1. The quantitative estimate of drug-likeness (QED) is 0.845. The number of carbonyl (C=O) groups is 1. The zero-order valence-corrected chi connectivity index (χ0v) is 13.6. The SMILES string of the molecule is CCCCn1c(C(=O)NC(C)CC)c(C)c2ccccc21. The highest BCUT2D eigenvalue weighted by atomic mass is 16.2. The Morgan fingerprint density at radius 3 is 2.67 bits per heavy atom. The van der Waals surface area contributed by atoms with E-state index in [2.05, 4.69) is 42.8 Å². The Bertz CT molecular complexity index is 627. The highest BCUT2D eigenvalue weighted by molar-refractivity contribution is 6.01. The number of rotatable bonds is 6. The predicted octanol–water partition coefficient (Wildman–Crippen LogP) is 4.28. The highest BCUT2D eigenvalue weighted by Crippen LogP contribution is 2.26. The maximum absolute atomic E-state index is 12.7. The number of carbonyl (C=O) groups excluding carboxylic acids is 1. The molecular formula is C18H26N2O. The molecule has 0 saturated carbocycles. The lowest BCUT2D eigenvalue weighted by Gasteiger charge is -2.15. The summed E-state index contributed by atoms with van der Waals surface area (Å²) < 4.78 is 2.19. The van der Waals surface area contributed by atoms with E-state index in [0.717, 1.165) is 42.6 Å². The van der Waals surface area contributed by atoms with Crippen LogP contribution < -0.4 is 5.32 Å². The highest BCUT2D eigenvalue weighted by Gasteiger charge is 2.20. The molecule has 3 heteroatoms. The van der Waals surface area contributed by atoms with Crippen LogP contribution in [0.4, 0.5) is 0 Å². The molecule has 0 spiro atoms. The molecule has 1 unspecified atom stereocenters. The summed E-state index contributed by atoms with van der Waals surface area (Å²) in [5.74, 6) is 0.0501. The third kappa shape index (κ3) is 3.12. The second-order valence-corrected chi connectivity index (χ2v) is 5.78. The Kier molecular flexibility index (Phi) is 5.05. The first-order valence-electron chi connectivity index (χ1n) is 7.98. The minimum Gasteiger partial charge on any atom is -0.348 e. The summed E-state index contributed by atoms with van der Waals surface area (Å²) >= 11 is 0. The minimum atomic E-state index is 0.0501. The summed E-state index contributed by atoms with van der Waals surface area (Å²) in [7, 11) is 0. The van der Waals surface area contributed by atoms with Crippen LogP contribution in [-0.2, 0) is 6.54 Å². The number of aromatic nitrogens is 1. The molecule has 1 aromatic carbocycles. The van der Waals surface area contributed by atoms with Crippen LogP contribution in [0, 0.1) is 6.92 Å². The van der Waals surface area contributed by atoms with Crippen molar-refractivity contribution in [3.05, 3.63) is 35.5 Å². The number of para-hydroxylation sites is 1. The third-order valence-corrected chi connectivity index (χ3v) is 4.16. The molecule has 0 aliphatic rings. The van der Waals surface area contributed by atoms with Crippen LogP contribution in [0.1, 0.15) is 56.1 Å². The van der Waals surface area contributed by atoms with E-state index in [1.807, 2.05) is 19.1 Å². The first-order valence-corrected chi connectivity index (χ1v) is 7.98. The van der Waals surface area contributed by atoms with Crippen molar-refractivity contribution in [3.8, 4) is 0 Å². The number of nitrogens with one attached hydrogen (secondary N) is 1. The van der Waals surface area contributed by atoms with Crippen molar-refractivity contribution < 1.29 is 4.79 Å². The lowest BCUT2D eigenvalue weighted by atomic mass is 10.1. The van der Waals surface area contributed by atoms with Gasteiger partial charge in [-0.25, -0.2) is 0 Å². The molecule has 0 aliphatic carbocycles. The topological polar surface area (TPSA) is 34.0 Å². The van der Waals surface area contributed by atoms with Gasteiger partial charge in [-0.2, -0.15) is 0 Å². The van der Waals surface area contributed by atoms with E-state index in [1.165, 1.54) is 5.39 Å². The van der Waals surface area contributed by atoms with Crippen LogP contribution in [0.25, 0.3) is 10.9 Å². The Labute approximate surface area is 127 Å². The second-order valence-electron chi connectivity index (χ2n) is 5.78. The average molecular weight is 286 g/mol. The summed E-state index contributed by atoms with van der Waals surface area (Å²) in [4.78, 5) is 12.7. The summed E-state index contributed by atoms with van der Waals surface area (Å²) in [6, 6.07) is 8.50. The van der Waals surface area contributed by atoms with E-state index in [1.54, 1.807) is 0 Å². The molecule has 0 radical (unpaired) electrons. The molecule has 21 heavy (non-hydrogen) atoms. The maximum Gasteiger partial charge on any atom is 0.268 e. The molecule has 0 fully saturated rings. The largest absolute Gasteiger partial charge is 0.348 e. The van der Waals surface area contributed by atoms with Gasteiger partial charge < -0.3 is 9.88 Å². The predicted molar refractivity (Wildman–Crippen MR) is 88.8 cm³/mol. The van der Waals surface area contributed by atoms with Gasteiger partial charge in [0.15, 0.2) is 0 Å². The number of hydrogen-bond acceptors (Lipinski definition) is 1. The van der Waals surface area contributed by atoms with E-state index < -0.39 is 0 Å². The Hall–Kier alpha value is -1.77. The van der Waals surface area contributed by atoms with Crippen molar-refractivity contribution in [2.75, 3.05) is 0 Å². The van der Waals surface area contributed by atoms with Gasteiger partial charge in [0.1, 0.15) is 5.69 Å². The molecule has 1 aromatic heterocycles. The smallest absolute Gasteiger partial charge is 0.268 e. The van der Waals surface area contributed by atoms with Crippen LogP contribution in [0.5, 0.6) is 0 Å². The molecular weight excluding hydrogens is 260 g/mol. The molecule has 114 valence electrons. The lowest BCUT2D eigenvalue weighted by Crippen LogP contribution is -2.33. The molecule has 0 saturated heterocycles. The summed E-state index contributed by atoms with van der Waals surface area (Å²) in [5, 5.41) is 4.29. The molecule has 0 bridgehead atoms. The fraction of sp³-hybridized carbons (Fsp3) is 0.500. The lowest BCUT2D eigenvalue weighted by molar-refractivity contribution is 0.0929. The van der Waals surface area contributed by atoms with Crippen LogP contribution in [0.3, 0.4) is 0 Å². The molecule has 0 aliphatic heterocycles. The van der Waals surface area contributed by atoms with Crippen molar-refractivity contribution in [1.29, 1.82) is 0 Å². The molecule has 3 nitrogen and oxygen atoms in total. The van der Waals surface area contributed by atoms with Crippen molar-refractivity contribution in [1.82, 2.24) is 9.88 Å². The van der Waals surface area contributed by atoms with Crippen LogP contribution in [-0.4, -0.2) is 16.5 Å². The van der Waals surface area contributed by atoms with Crippen LogP contribution >= 0.6 is 0 Å². The number of benzene rings is 1. The molecule has 1 heterocycles. The van der Waals surface area contributed by atoms with Crippen LogP contribution in [0.2, 0.25) is 0 Å². The molecule has 1 N–H and O–H groups in total. The van der Waals surface area contributed by atoms with E-state index in [0.29, 0.717) is 0 Å². The fourth-order valence-corrected chi connectivity index (χ4v) is 2.71. The molecule has 1 atom stereocenters. The third-order valence-electron chi connectivity index (χ3n) is 4.16. The summed E-state index contributed by atoms with van der Waals surface area (Å²) in [6.07, 6.45) is 3.15. The van der Waals surface area contributed by atoms with Gasteiger partial charge in [0.05, 0.1) is 0 Å². The van der Waals surface area contributed by atoms with Crippen molar-refractivity contribution >= 4 is 16.8 Å². The number of fused-ring (bicyclic) bond motifs is 1. The second kappa shape index (κ2) is 6.79. The van der Waals surface area contributed by atoms with Crippen LogP contribution in [0.15, 0.2) is 24.3 Å².